The fraction of sp³-hybridized carbons (Fsp3) is 0.182. The van der Waals surface area contributed by atoms with Gasteiger partial charge in [0.1, 0.15) is 5.75 Å². The molecule has 3 rings (SSSR count). The molecule has 0 saturated carbocycles. The number of ether oxygens (including phenoxy) is 1. The molecule has 3 aromatic carbocycles. The molecular weight excluding hydrogens is 358 g/mol. The third-order valence-corrected chi connectivity index (χ3v) is 6.45. The van der Waals surface area contributed by atoms with Crippen molar-refractivity contribution in [3.63, 3.8) is 0 Å². The number of hydrogen-bond donors (Lipinski definition) is 0. The van der Waals surface area contributed by atoms with Crippen molar-refractivity contribution in [1.29, 1.82) is 0 Å². The van der Waals surface area contributed by atoms with Crippen LogP contribution in [0.2, 0.25) is 0 Å². The molecule has 0 saturated heterocycles. The van der Waals surface area contributed by atoms with Gasteiger partial charge in [-0.05, 0) is 55.8 Å². The van der Waals surface area contributed by atoms with Crippen molar-refractivity contribution in [2.75, 3.05) is 11.4 Å². The first-order valence-electron chi connectivity index (χ1n) is 8.73. The summed E-state index contributed by atoms with van der Waals surface area (Å²) in [5.41, 5.74) is 2.65. The normalized spacial score (nSPS) is 12.4. The lowest BCUT2D eigenvalue weighted by Gasteiger charge is -2.31. The molecule has 0 bridgehead atoms. The van der Waals surface area contributed by atoms with E-state index in [1.165, 1.54) is 4.31 Å². The lowest BCUT2D eigenvalue weighted by Crippen LogP contribution is -2.33. The van der Waals surface area contributed by atoms with Crippen LogP contribution in [0.25, 0.3) is 0 Å². The van der Waals surface area contributed by atoms with Crippen LogP contribution < -0.4 is 9.04 Å². The Hall–Kier alpha value is -2.79. The smallest absolute Gasteiger partial charge is 0.264 e. The minimum Gasteiger partial charge on any atom is -0.497 e. The fourth-order valence-corrected chi connectivity index (χ4v) is 4.65. The molecule has 0 aliphatic heterocycles. The highest BCUT2D eigenvalue weighted by Gasteiger charge is 2.30. The Morgan fingerprint density at radius 1 is 0.852 bits per heavy atom. The highest BCUT2D eigenvalue weighted by molar-refractivity contribution is 7.92. The number of nitrogens with zero attached hydrogens (tertiary/aromatic N) is 1. The summed E-state index contributed by atoms with van der Waals surface area (Å²) in [5.74, 6) is 0.679. The first-order valence-corrected chi connectivity index (χ1v) is 10.2. The third-order valence-electron chi connectivity index (χ3n) is 4.54. The van der Waals surface area contributed by atoms with Crippen molar-refractivity contribution in [2.45, 2.75) is 24.8 Å². The zero-order valence-electron chi connectivity index (χ0n) is 15.7. The Labute approximate surface area is 161 Å². The molecule has 0 heterocycles. The molecule has 0 aliphatic carbocycles. The highest BCUT2D eigenvalue weighted by Crippen LogP contribution is 2.34. The van der Waals surface area contributed by atoms with Crippen LogP contribution in [-0.2, 0) is 10.0 Å². The average Bonchev–Trinajstić information content (AvgIpc) is 2.69. The Bertz CT molecular complexity index is 982. The maximum absolute atomic E-state index is 13.5. The first-order chi connectivity index (χ1) is 12.9. The van der Waals surface area contributed by atoms with Crippen LogP contribution in [-0.4, -0.2) is 15.5 Å². The van der Waals surface area contributed by atoms with Crippen molar-refractivity contribution in [3.05, 3.63) is 90.0 Å². The van der Waals surface area contributed by atoms with Gasteiger partial charge in [0.15, 0.2) is 0 Å². The fourth-order valence-electron chi connectivity index (χ4n) is 2.99. The molecule has 0 aromatic heterocycles. The Morgan fingerprint density at radius 3 is 2.00 bits per heavy atom. The number of hydrogen-bond acceptors (Lipinski definition) is 3. The van der Waals surface area contributed by atoms with Crippen LogP contribution in [0.3, 0.4) is 0 Å². The molecule has 0 spiro atoms. The predicted octanol–water partition coefficient (Wildman–Crippen LogP) is 4.96. The van der Waals surface area contributed by atoms with Gasteiger partial charge in [0.05, 0.1) is 23.7 Å². The van der Waals surface area contributed by atoms with E-state index < -0.39 is 10.0 Å². The molecule has 0 N–H and O–H groups in total. The summed E-state index contributed by atoms with van der Waals surface area (Å²) in [6, 6.07) is 23.1. The van der Waals surface area contributed by atoms with Gasteiger partial charge in [0, 0.05) is 0 Å². The van der Waals surface area contributed by atoms with Crippen molar-refractivity contribution >= 4 is 15.7 Å². The summed E-state index contributed by atoms with van der Waals surface area (Å²) < 4.78 is 33.6. The summed E-state index contributed by atoms with van der Waals surface area (Å²) in [6.45, 7) is 3.91. The van der Waals surface area contributed by atoms with Gasteiger partial charge in [-0.3, -0.25) is 4.31 Å². The number of anilines is 1. The molecule has 5 heteroatoms. The van der Waals surface area contributed by atoms with E-state index in [2.05, 4.69) is 0 Å². The number of aryl methyl sites for hydroxylation is 1. The van der Waals surface area contributed by atoms with Crippen LogP contribution in [0.5, 0.6) is 5.75 Å². The summed E-state index contributed by atoms with van der Waals surface area (Å²) in [6.07, 6.45) is 0. The maximum atomic E-state index is 13.5. The zero-order valence-corrected chi connectivity index (χ0v) is 16.5. The molecule has 140 valence electrons. The number of methoxy groups -OCH3 is 1. The van der Waals surface area contributed by atoms with Gasteiger partial charge in [-0.25, -0.2) is 8.42 Å². The third kappa shape index (κ3) is 3.98. The van der Waals surface area contributed by atoms with Crippen LogP contribution in [0, 0.1) is 6.92 Å². The van der Waals surface area contributed by atoms with E-state index in [1.807, 2.05) is 38.1 Å². The number of rotatable bonds is 6. The van der Waals surface area contributed by atoms with E-state index in [9.17, 15) is 8.42 Å². The molecule has 0 radical (unpaired) electrons. The van der Waals surface area contributed by atoms with E-state index in [-0.39, 0.29) is 10.9 Å². The van der Waals surface area contributed by atoms with Gasteiger partial charge in [0.25, 0.3) is 10.0 Å². The van der Waals surface area contributed by atoms with E-state index in [0.717, 1.165) is 11.1 Å². The summed E-state index contributed by atoms with van der Waals surface area (Å²) in [5, 5.41) is 0. The maximum Gasteiger partial charge on any atom is 0.264 e. The Balaban J connectivity index is 2.12. The van der Waals surface area contributed by atoms with E-state index >= 15 is 0 Å². The van der Waals surface area contributed by atoms with E-state index in [0.29, 0.717) is 11.4 Å². The Kier molecular flexibility index (Phi) is 5.51. The van der Waals surface area contributed by atoms with Crippen molar-refractivity contribution in [1.82, 2.24) is 0 Å². The van der Waals surface area contributed by atoms with Gasteiger partial charge >= 0.3 is 0 Å². The van der Waals surface area contributed by atoms with Crippen LogP contribution >= 0.6 is 0 Å². The number of sulfonamides is 1. The standard InChI is InChI=1S/C22H23NO3S/c1-17-9-11-19(12-10-17)18(2)23(20-13-15-21(26-3)16-14-20)27(24,25)22-7-5-4-6-8-22/h4-16,18H,1-3H3. The second kappa shape index (κ2) is 7.84. The minimum absolute atomic E-state index is 0.264. The molecular formula is C22H23NO3S. The topological polar surface area (TPSA) is 46.6 Å². The molecule has 0 aliphatic rings. The van der Waals surface area contributed by atoms with Crippen LogP contribution in [0.4, 0.5) is 5.69 Å². The molecule has 4 nitrogen and oxygen atoms in total. The minimum atomic E-state index is -3.74. The zero-order chi connectivity index (χ0) is 19.4. The summed E-state index contributed by atoms with van der Waals surface area (Å²) in [7, 11) is -2.15. The second-order valence-electron chi connectivity index (χ2n) is 6.40. The molecule has 1 unspecified atom stereocenters. The molecule has 3 aromatic rings. The van der Waals surface area contributed by atoms with E-state index in [4.69, 9.17) is 4.74 Å². The van der Waals surface area contributed by atoms with Crippen molar-refractivity contribution < 1.29 is 13.2 Å². The van der Waals surface area contributed by atoms with Crippen LogP contribution in [0.1, 0.15) is 24.1 Å². The Morgan fingerprint density at radius 2 is 1.44 bits per heavy atom. The summed E-state index contributed by atoms with van der Waals surface area (Å²) >= 11 is 0. The van der Waals surface area contributed by atoms with Gasteiger partial charge < -0.3 is 4.74 Å². The van der Waals surface area contributed by atoms with E-state index in [1.54, 1.807) is 61.7 Å². The molecule has 0 amide bonds. The molecule has 0 fully saturated rings. The predicted molar refractivity (Wildman–Crippen MR) is 109 cm³/mol. The quantitative estimate of drug-likeness (QED) is 0.606. The van der Waals surface area contributed by atoms with Gasteiger partial charge in [0.2, 0.25) is 0 Å². The SMILES string of the molecule is COc1ccc(N(C(C)c2ccc(C)cc2)S(=O)(=O)c2ccccc2)cc1. The lowest BCUT2D eigenvalue weighted by atomic mass is 10.1. The van der Waals surface area contributed by atoms with Gasteiger partial charge in [-0.2, -0.15) is 0 Å². The van der Waals surface area contributed by atoms with Gasteiger partial charge in [-0.1, -0.05) is 48.0 Å². The monoisotopic (exact) mass is 381 g/mol. The number of benzene rings is 3. The average molecular weight is 381 g/mol. The van der Waals surface area contributed by atoms with Crippen molar-refractivity contribution in [2.24, 2.45) is 0 Å². The highest BCUT2D eigenvalue weighted by atomic mass is 32.2. The van der Waals surface area contributed by atoms with Crippen LogP contribution in [0.15, 0.2) is 83.8 Å². The second-order valence-corrected chi connectivity index (χ2v) is 8.21. The lowest BCUT2D eigenvalue weighted by molar-refractivity contribution is 0.415. The molecule has 27 heavy (non-hydrogen) atoms. The molecule has 1 atom stereocenters. The van der Waals surface area contributed by atoms with Crippen molar-refractivity contribution in [3.8, 4) is 5.75 Å². The largest absolute Gasteiger partial charge is 0.497 e. The van der Waals surface area contributed by atoms with Gasteiger partial charge in [-0.15, -0.1) is 0 Å². The first kappa shape index (κ1) is 19.0. The summed E-state index contributed by atoms with van der Waals surface area (Å²) in [4.78, 5) is 0.264.